The lowest BCUT2D eigenvalue weighted by Gasteiger charge is -2.37. The van der Waals surface area contributed by atoms with E-state index in [1.807, 2.05) is 35.2 Å². The van der Waals surface area contributed by atoms with Gasteiger partial charge in [0.1, 0.15) is 0 Å². The summed E-state index contributed by atoms with van der Waals surface area (Å²) in [4.78, 5) is 28.0. The number of hydrogen-bond acceptors (Lipinski definition) is 3. The first-order valence-electron chi connectivity index (χ1n) is 10.4. The zero-order valence-corrected chi connectivity index (χ0v) is 16.0. The zero-order valence-electron chi connectivity index (χ0n) is 16.0. The summed E-state index contributed by atoms with van der Waals surface area (Å²) in [6.07, 6.45) is 6.73. The number of nitrogens with zero attached hydrogens (tertiary/aromatic N) is 1. The van der Waals surface area contributed by atoms with E-state index in [1.165, 1.54) is 12.8 Å². The van der Waals surface area contributed by atoms with Gasteiger partial charge in [0, 0.05) is 37.8 Å². The Labute approximate surface area is 161 Å². The fraction of sp³-hybridized carbons (Fsp3) is 0.636. The molecule has 2 heterocycles. The highest BCUT2D eigenvalue weighted by Crippen LogP contribution is 2.44. The number of carbonyl (C=O) groups is 2. The van der Waals surface area contributed by atoms with Crippen molar-refractivity contribution in [3.63, 3.8) is 0 Å². The van der Waals surface area contributed by atoms with Gasteiger partial charge in [0.2, 0.25) is 11.8 Å². The molecule has 1 aromatic carbocycles. The number of amides is 2. The molecule has 1 atom stereocenters. The van der Waals surface area contributed by atoms with Gasteiger partial charge in [-0.2, -0.15) is 0 Å². The Morgan fingerprint density at radius 3 is 2.52 bits per heavy atom. The topological polar surface area (TPSA) is 58.6 Å². The molecule has 4 rings (SSSR count). The molecule has 27 heavy (non-hydrogen) atoms. The van der Waals surface area contributed by atoms with Crippen LogP contribution in [0, 0.1) is 11.3 Å². The first-order valence-corrected chi connectivity index (χ1v) is 10.4. The average molecular weight is 370 g/mol. The minimum absolute atomic E-state index is 0.110. The van der Waals surface area contributed by atoms with Crippen LogP contribution in [-0.2, 0) is 20.7 Å². The number of nitrogens with one attached hydrogen (secondary N) is 1. The molecule has 2 aliphatic heterocycles. The van der Waals surface area contributed by atoms with Crippen LogP contribution in [0.15, 0.2) is 30.3 Å². The second-order valence-corrected chi connectivity index (χ2v) is 8.45. The van der Waals surface area contributed by atoms with Crippen molar-refractivity contribution in [2.24, 2.45) is 11.3 Å². The van der Waals surface area contributed by atoms with E-state index >= 15 is 0 Å². The van der Waals surface area contributed by atoms with Crippen LogP contribution in [0.25, 0.3) is 0 Å². The predicted octanol–water partition coefficient (Wildman–Crippen LogP) is 2.54. The fourth-order valence-corrected chi connectivity index (χ4v) is 5.06. The standard InChI is InChI=1S/C22H30N2O3/c25-20(14-17-6-2-1-3-7-17)24-15-19(21(26)23-18-8-4-5-9-18)22(16-24)10-12-27-13-11-22/h1-3,6-7,18-19H,4-5,8-16H2,(H,23,26). The van der Waals surface area contributed by atoms with Crippen molar-refractivity contribution in [2.75, 3.05) is 26.3 Å². The SMILES string of the molecule is O=C(NC1CCCC1)C1CN(C(=O)Cc2ccccc2)CC12CCOCC2. The van der Waals surface area contributed by atoms with Crippen molar-refractivity contribution in [1.82, 2.24) is 10.2 Å². The number of hydrogen-bond donors (Lipinski definition) is 1. The second-order valence-electron chi connectivity index (χ2n) is 8.45. The van der Waals surface area contributed by atoms with Crippen LogP contribution < -0.4 is 5.32 Å². The van der Waals surface area contributed by atoms with Crippen molar-refractivity contribution in [2.45, 2.75) is 51.0 Å². The molecule has 5 nitrogen and oxygen atoms in total. The van der Waals surface area contributed by atoms with Crippen LogP contribution in [0.3, 0.4) is 0 Å². The number of carbonyl (C=O) groups excluding carboxylic acids is 2. The van der Waals surface area contributed by atoms with Crippen LogP contribution in [-0.4, -0.2) is 49.1 Å². The Balaban J connectivity index is 1.47. The minimum Gasteiger partial charge on any atom is -0.381 e. The summed E-state index contributed by atoms with van der Waals surface area (Å²) in [6, 6.07) is 10.2. The van der Waals surface area contributed by atoms with Gasteiger partial charge in [0.15, 0.2) is 0 Å². The molecule has 5 heteroatoms. The zero-order chi connectivity index (χ0) is 18.7. The Hall–Kier alpha value is -1.88. The molecule has 3 fully saturated rings. The predicted molar refractivity (Wildman–Crippen MR) is 103 cm³/mol. The molecule has 3 aliphatic rings. The minimum atomic E-state index is -0.118. The third-order valence-electron chi connectivity index (χ3n) is 6.71. The summed E-state index contributed by atoms with van der Waals surface area (Å²) in [5.74, 6) is 0.170. The van der Waals surface area contributed by atoms with Crippen LogP contribution in [0.5, 0.6) is 0 Å². The van der Waals surface area contributed by atoms with E-state index in [1.54, 1.807) is 0 Å². The van der Waals surface area contributed by atoms with Gasteiger partial charge in [-0.3, -0.25) is 9.59 Å². The van der Waals surface area contributed by atoms with E-state index in [9.17, 15) is 9.59 Å². The lowest BCUT2D eigenvalue weighted by atomic mass is 9.71. The third kappa shape index (κ3) is 4.03. The molecule has 1 aromatic rings. The van der Waals surface area contributed by atoms with E-state index in [0.29, 0.717) is 38.8 Å². The number of ether oxygens (including phenoxy) is 1. The van der Waals surface area contributed by atoms with Crippen LogP contribution in [0.2, 0.25) is 0 Å². The summed E-state index contributed by atoms with van der Waals surface area (Å²) in [5, 5.41) is 3.28. The summed E-state index contributed by atoms with van der Waals surface area (Å²) in [7, 11) is 0. The molecule has 2 amide bonds. The van der Waals surface area contributed by atoms with Gasteiger partial charge in [-0.25, -0.2) is 0 Å². The molecule has 1 saturated carbocycles. The normalized spacial score (nSPS) is 25.0. The molecule has 0 bridgehead atoms. The maximum atomic E-state index is 13.1. The molecule has 2 saturated heterocycles. The molecule has 1 spiro atoms. The lowest BCUT2D eigenvalue weighted by Crippen LogP contribution is -2.46. The smallest absolute Gasteiger partial charge is 0.227 e. The number of rotatable bonds is 4. The van der Waals surface area contributed by atoms with E-state index in [-0.39, 0.29) is 23.1 Å². The highest BCUT2D eigenvalue weighted by Gasteiger charge is 2.51. The first kappa shape index (κ1) is 18.5. The van der Waals surface area contributed by atoms with Gasteiger partial charge in [0.05, 0.1) is 12.3 Å². The second kappa shape index (κ2) is 8.01. The van der Waals surface area contributed by atoms with Gasteiger partial charge >= 0.3 is 0 Å². The van der Waals surface area contributed by atoms with Gasteiger partial charge in [-0.1, -0.05) is 43.2 Å². The van der Waals surface area contributed by atoms with Crippen LogP contribution in [0.1, 0.15) is 44.1 Å². The summed E-state index contributed by atoms with van der Waals surface area (Å²) >= 11 is 0. The maximum Gasteiger partial charge on any atom is 0.227 e. The molecular weight excluding hydrogens is 340 g/mol. The van der Waals surface area contributed by atoms with Crippen LogP contribution >= 0.6 is 0 Å². The van der Waals surface area contributed by atoms with Gasteiger partial charge in [0.25, 0.3) is 0 Å². The Bertz CT molecular complexity index is 663. The monoisotopic (exact) mass is 370 g/mol. The quantitative estimate of drug-likeness (QED) is 0.886. The largest absolute Gasteiger partial charge is 0.381 e. The number of benzene rings is 1. The van der Waals surface area contributed by atoms with E-state index in [0.717, 1.165) is 31.2 Å². The lowest BCUT2D eigenvalue weighted by molar-refractivity contribution is -0.130. The number of likely N-dealkylation sites (tertiary alicyclic amines) is 1. The highest BCUT2D eigenvalue weighted by atomic mass is 16.5. The summed E-state index contributed by atoms with van der Waals surface area (Å²) < 4.78 is 5.57. The van der Waals surface area contributed by atoms with Crippen molar-refractivity contribution in [1.29, 1.82) is 0 Å². The Kier molecular flexibility index (Phi) is 5.48. The van der Waals surface area contributed by atoms with Crippen molar-refractivity contribution >= 4 is 11.8 Å². The molecule has 1 unspecified atom stereocenters. The van der Waals surface area contributed by atoms with Crippen molar-refractivity contribution < 1.29 is 14.3 Å². The molecule has 1 N–H and O–H groups in total. The van der Waals surface area contributed by atoms with E-state index < -0.39 is 0 Å². The van der Waals surface area contributed by atoms with Gasteiger partial charge < -0.3 is 15.0 Å². The molecular formula is C22H30N2O3. The van der Waals surface area contributed by atoms with Crippen molar-refractivity contribution in [3.8, 4) is 0 Å². The summed E-state index contributed by atoms with van der Waals surface area (Å²) in [6.45, 7) is 2.61. The molecule has 146 valence electrons. The molecule has 1 aliphatic carbocycles. The maximum absolute atomic E-state index is 13.1. The van der Waals surface area contributed by atoms with Crippen LogP contribution in [0.4, 0.5) is 0 Å². The fourth-order valence-electron chi connectivity index (χ4n) is 5.06. The van der Waals surface area contributed by atoms with Gasteiger partial charge in [-0.05, 0) is 31.2 Å². The van der Waals surface area contributed by atoms with Crippen molar-refractivity contribution in [3.05, 3.63) is 35.9 Å². The van der Waals surface area contributed by atoms with E-state index in [4.69, 9.17) is 4.74 Å². The third-order valence-corrected chi connectivity index (χ3v) is 6.71. The Morgan fingerprint density at radius 2 is 1.81 bits per heavy atom. The van der Waals surface area contributed by atoms with E-state index in [2.05, 4.69) is 5.32 Å². The average Bonchev–Trinajstić information content (AvgIpc) is 3.31. The summed E-state index contributed by atoms with van der Waals surface area (Å²) in [5.41, 5.74) is 0.912. The molecule has 0 aromatic heterocycles. The Morgan fingerprint density at radius 1 is 1.11 bits per heavy atom. The highest BCUT2D eigenvalue weighted by molar-refractivity contribution is 5.84. The molecule has 0 radical (unpaired) electrons. The first-order chi connectivity index (χ1) is 13.2. The van der Waals surface area contributed by atoms with Gasteiger partial charge in [-0.15, -0.1) is 0 Å².